The Morgan fingerprint density at radius 3 is 2.34 bits per heavy atom. The second kappa shape index (κ2) is 13.5. The van der Waals surface area contributed by atoms with E-state index in [1.165, 1.54) is 12.1 Å². The van der Waals surface area contributed by atoms with Crippen molar-refractivity contribution in [3.63, 3.8) is 0 Å². The smallest absolute Gasteiger partial charge is 0.406 e. The Labute approximate surface area is 276 Å². The summed E-state index contributed by atoms with van der Waals surface area (Å²) in [7, 11) is 1.76. The van der Waals surface area contributed by atoms with E-state index in [-0.39, 0.29) is 27.8 Å². The molecule has 0 unspecified atom stereocenters. The number of fused-ring (bicyclic) bond motifs is 1. The van der Waals surface area contributed by atoms with Gasteiger partial charge in [0.05, 0.1) is 51.2 Å². The number of rotatable bonds is 9. The zero-order valence-electron chi connectivity index (χ0n) is 25.4. The summed E-state index contributed by atoms with van der Waals surface area (Å²) in [6.07, 6.45) is -4.84. The van der Waals surface area contributed by atoms with Gasteiger partial charge in [0.25, 0.3) is 11.8 Å². The lowest BCUT2D eigenvalue weighted by atomic mass is 10.1. The predicted octanol–water partition coefficient (Wildman–Crippen LogP) is 6.98. The first-order chi connectivity index (χ1) is 22.1. The number of nitrogens with zero attached hydrogens (tertiary/aromatic N) is 3. The summed E-state index contributed by atoms with van der Waals surface area (Å²) in [5.41, 5.74) is 0.991. The average Bonchev–Trinajstić information content (AvgIpc) is 3.32. The molecule has 0 saturated carbocycles. The fourth-order valence-electron chi connectivity index (χ4n) is 4.87. The van der Waals surface area contributed by atoms with Crippen LogP contribution in [0.15, 0.2) is 48.5 Å². The molecule has 47 heavy (non-hydrogen) atoms. The van der Waals surface area contributed by atoms with Crippen LogP contribution in [0.25, 0.3) is 11.0 Å². The summed E-state index contributed by atoms with van der Waals surface area (Å²) < 4.78 is 62.9. The Morgan fingerprint density at radius 1 is 1.02 bits per heavy atom. The molecule has 0 radical (unpaired) electrons. The standard InChI is InChI=1S/C31H30Cl2F4N6O4/c1-30(2,34)28(45)38-16-17-4-9-21(32)26(25(17)33)41-29-40-22-14-20(23(15-24(22)42(29)3)43-10-12-46-13-11-43)27(44)39-18-5-7-19(8-6-18)47-31(35,36)37/h4-9,14-15H,10-13,16H2,1-3H3,(H,38,45)(H,39,44)(H,40,41). The number of ether oxygens (including phenoxy) is 2. The van der Waals surface area contributed by atoms with Crippen molar-refractivity contribution < 1.29 is 36.6 Å². The van der Waals surface area contributed by atoms with Gasteiger partial charge in [0, 0.05) is 32.4 Å². The minimum Gasteiger partial charge on any atom is -0.406 e. The minimum atomic E-state index is -4.84. The van der Waals surface area contributed by atoms with E-state index in [1.54, 1.807) is 29.8 Å². The molecule has 0 spiro atoms. The number of amides is 2. The first-order valence-corrected chi connectivity index (χ1v) is 15.1. The molecular formula is C31H30Cl2F4N6O4. The van der Waals surface area contributed by atoms with E-state index in [4.69, 9.17) is 27.9 Å². The molecule has 0 atom stereocenters. The lowest BCUT2D eigenvalue weighted by molar-refractivity contribution is -0.274. The minimum absolute atomic E-state index is 0.0428. The summed E-state index contributed by atoms with van der Waals surface area (Å²) in [5.74, 6) is -1.38. The van der Waals surface area contributed by atoms with Gasteiger partial charge in [-0.1, -0.05) is 29.3 Å². The highest BCUT2D eigenvalue weighted by atomic mass is 35.5. The Balaban J connectivity index is 1.46. The first kappa shape index (κ1) is 34.1. The van der Waals surface area contributed by atoms with Crippen LogP contribution in [-0.2, 0) is 23.1 Å². The molecule has 5 rings (SSSR count). The van der Waals surface area contributed by atoms with Gasteiger partial charge in [0.1, 0.15) is 5.75 Å². The van der Waals surface area contributed by atoms with Crippen LogP contribution in [0.3, 0.4) is 0 Å². The number of nitrogens with one attached hydrogen (secondary N) is 3. The molecule has 1 aliphatic rings. The van der Waals surface area contributed by atoms with E-state index in [9.17, 15) is 27.2 Å². The van der Waals surface area contributed by atoms with E-state index in [0.29, 0.717) is 60.2 Å². The van der Waals surface area contributed by atoms with Crippen molar-refractivity contribution in [3.8, 4) is 5.75 Å². The monoisotopic (exact) mass is 696 g/mol. The van der Waals surface area contributed by atoms with Gasteiger partial charge >= 0.3 is 6.36 Å². The summed E-state index contributed by atoms with van der Waals surface area (Å²) >= 11 is 13.1. The molecule has 1 saturated heterocycles. The van der Waals surface area contributed by atoms with E-state index in [2.05, 4.69) is 25.7 Å². The Hall–Kier alpha value is -4.27. The molecule has 3 N–H and O–H groups in total. The third kappa shape index (κ3) is 8.00. The molecule has 250 valence electrons. The van der Waals surface area contributed by atoms with Crippen LogP contribution in [0.5, 0.6) is 5.75 Å². The normalized spacial score (nSPS) is 13.9. The molecule has 1 fully saturated rings. The highest BCUT2D eigenvalue weighted by molar-refractivity contribution is 6.39. The number of carbonyl (C=O) groups is 2. The molecule has 16 heteroatoms. The van der Waals surface area contributed by atoms with Gasteiger partial charge in [-0.05, 0) is 61.9 Å². The van der Waals surface area contributed by atoms with Gasteiger partial charge in [0.2, 0.25) is 5.95 Å². The SMILES string of the molecule is Cn1c(Nc2c(Cl)ccc(CNC(=O)C(C)(C)F)c2Cl)nc2cc(C(=O)Nc3ccc(OC(F)(F)F)cc3)c(N3CCOCC3)cc21. The predicted molar refractivity (Wildman–Crippen MR) is 172 cm³/mol. The molecular weight excluding hydrogens is 667 g/mol. The summed E-state index contributed by atoms with van der Waals surface area (Å²) in [6, 6.07) is 11.5. The number of aromatic nitrogens is 2. The molecule has 2 heterocycles. The first-order valence-electron chi connectivity index (χ1n) is 14.3. The molecule has 2 amide bonds. The number of morpholine rings is 1. The maximum atomic E-state index is 14.0. The third-order valence-corrected chi connectivity index (χ3v) is 8.07. The van der Waals surface area contributed by atoms with Crippen molar-refractivity contribution in [1.29, 1.82) is 0 Å². The zero-order chi connectivity index (χ0) is 34.1. The number of hydrogen-bond acceptors (Lipinski definition) is 7. The fourth-order valence-corrected chi connectivity index (χ4v) is 5.40. The fraction of sp³-hybridized carbons (Fsp3) is 0.323. The number of halogens is 6. The van der Waals surface area contributed by atoms with Gasteiger partial charge in [-0.3, -0.25) is 9.59 Å². The largest absolute Gasteiger partial charge is 0.573 e. The second-order valence-electron chi connectivity index (χ2n) is 11.2. The molecule has 4 aromatic rings. The van der Waals surface area contributed by atoms with Crippen LogP contribution in [0, 0.1) is 0 Å². The maximum absolute atomic E-state index is 14.0. The van der Waals surface area contributed by atoms with Crippen LogP contribution in [0.4, 0.5) is 40.6 Å². The van der Waals surface area contributed by atoms with Crippen LogP contribution in [-0.4, -0.2) is 59.7 Å². The topological polar surface area (TPSA) is 110 Å². The van der Waals surface area contributed by atoms with Gasteiger partial charge < -0.3 is 34.9 Å². The lowest BCUT2D eigenvalue weighted by Crippen LogP contribution is -2.38. The second-order valence-corrected chi connectivity index (χ2v) is 11.9. The molecule has 3 aromatic carbocycles. The number of alkyl halides is 4. The van der Waals surface area contributed by atoms with Crippen molar-refractivity contribution in [2.75, 3.05) is 41.8 Å². The Bertz CT molecular complexity index is 1800. The highest BCUT2D eigenvalue weighted by Crippen LogP contribution is 2.37. The lowest BCUT2D eigenvalue weighted by Gasteiger charge is -2.30. The van der Waals surface area contributed by atoms with Crippen molar-refractivity contribution >= 4 is 69.1 Å². The van der Waals surface area contributed by atoms with Crippen molar-refractivity contribution in [2.24, 2.45) is 7.05 Å². The average molecular weight is 698 g/mol. The van der Waals surface area contributed by atoms with Gasteiger partial charge in [-0.2, -0.15) is 0 Å². The van der Waals surface area contributed by atoms with E-state index < -0.39 is 29.6 Å². The van der Waals surface area contributed by atoms with Crippen molar-refractivity contribution in [2.45, 2.75) is 32.4 Å². The highest BCUT2D eigenvalue weighted by Gasteiger charge is 2.31. The van der Waals surface area contributed by atoms with Crippen molar-refractivity contribution in [1.82, 2.24) is 14.9 Å². The van der Waals surface area contributed by atoms with Crippen LogP contribution >= 0.6 is 23.2 Å². The Kier molecular flexibility index (Phi) is 9.75. The number of aryl methyl sites for hydroxylation is 1. The number of carbonyl (C=O) groups excluding carboxylic acids is 2. The van der Waals surface area contributed by atoms with Crippen LogP contribution in [0.1, 0.15) is 29.8 Å². The summed E-state index contributed by atoms with van der Waals surface area (Å²) in [5, 5.41) is 8.85. The van der Waals surface area contributed by atoms with E-state index in [0.717, 1.165) is 26.0 Å². The molecule has 0 aliphatic carbocycles. The number of imidazole rings is 1. The van der Waals surface area contributed by atoms with Gasteiger partial charge in [-0.15, -0.1) is 13.2 Å². The van der Waals surface area contributed by atoms with Crippen LogP contribution < -0.4 is 25.6 Å². The summed E-state index contributed by atoms with van der Waals surface area (Å²) in [4.78, 5) is 32.3. The number of hydrogen-bond donors (Lipinski definition) is 3. The molecule has 1 aliphatic heterocycles. The van der Waals surface area contributed by atoms with Gasteiger partial charge in [0.15, 0.2) is 5.67 Å². The molecule has 0 bridgehead atoms. The third-order valence-electron chi connectivity index (χ3n) is 7.33. The van der Waals surface area contributed by atoms with Crippen molar-refractivity contribution in [3.05, 3.63) is 69.7 Å². The Morgan fingerprint density at radius 2 is 1.70 bits per heavy atom. The molecule has 1 aromatic heterocycles. The molecule has 10 nitrogen and oxygen atoms in total. The zero-order valence-corrected chi connectivity index (χ0v) is 26.9. The maximum Gasteiger partial charge on any atom is 0.573 e. The summed E-state index contributed by atoms with van der Waals surface area (Å²) in [6.45, 7) is 4.21. The quantitative estimate of drug-likeness (QED) is 0.162. The van der Waals surface area contributed by atoms with Crippen LogP contribution in [0.2, 0.25) is 10.0 Å². The van der Waals surface area contributed by atoms with E-state index in [1.807, 2.05) is 11.0 Å². The van der Waals surface area contributed by atoms with Gasteiger partial charge in [-0.25, -0.2) is 9.37 Å². The number of anilines is 4. The van der Waals surface area contributed by atoms with E-state index >= 15 is 0 Å². The number of benzene rings is 3.